The second-order valence-electron chi connectivity index (χ2n) is 5.56. The van der Waals surface area contributed by atoms with E-state index in [0.29, 0.717) is 0 Å². The molecule has 0 aliphatic rings. The molecular weight excluding hydrogens is 388 g/mol. The summed E-state index contributed by atoms with van der Waals surface area (Å²) in [7, 11) is -3.61. The topological polar surface area (TPSA) is 98.6 Å². The fourth-order valence-corrected chi connectivity index (χ4v) is 4.29. The molecule has 0 spiro atoms. The Hall–Kier alpha value is -2.23. The van der Waals surface area contributed by atoms with Crippen LogP contribution in [0, 0.1) is 0 Å². The Morgan fingerprint density at radius 3 is 2.44 bits per heavy atom. The molecule has 1 aromatic carbocycles. The van der Waals surface area contributed by atoms with Gasteiger partial charge in [0.05, 0.1) is 29.8 Å². The molecule has 12 heteroatoms. The van der Waals surface area contributed by atoms with Crippen LogP contribution in [0.5, 0.6) is 0 Å². The minimum Gasteiger partial charge on any atom is -0.317 e. The molecule has 2 heterocycles. The van der Waals surface area contributed by atoms with Gasteiger partial charge in [0, 0.05) is 0 Å². The zero-order chi connectivity index (χ0) is 19.8. The molecule has 0 amide bonds. The first-order valence-corrected chi connectivity index (χ1v) is 9.76. The lowest BCUT2D eigenvalue weighted by molar-refractivity contribution is -0.137. The molecule has 0 aliphatic heterocycles. The van der Waals surface area contributed by atoms with Gasteiger partial charge in [-0.2, -0.15) is 13.2 Å². The third kappa shape index (κ3) is 3.76. The van der Waals surface area contributed by atoms with Gasteiger partial charge in [-0.3, -0.25) is 13.8 Å². The van der Waals surface area contributed by atoms with Gasteiger partial charge in [0.25, 0.3) is 5.56 Å². The fourth-order valence-electron chi connectivity index (χ4n) is 2.69. The number of nitrogens with zero attached hydrogens (tertiary/aromatic N) is 3. The average Bonchev–Trinajstić information content (AvgIpc) is 2.98. The summed E-state index contributed by atoms with van der Waals surface area (Å²) in [6, 6.07) is 2.88. The molecule has 0 atom stereocenters. The predicted molar refractivity (Wildman–Crippen MR) is 90.7 cm³/mol. The zero-order valence-electron chi connectivity index (χ0n) is 14.4. The van der Waals surface area contributed by atoms with E-state index in [0.717, 1.165) is 22.6 Å². The van der Waals surface area contributed by atoms with E-state index < -0.39 is 24.9 Å². The molecule has 0 aliphatic carbocycles. The quantitative estimate of drug-likeness (QED) is 0.633. The van der Waals surface area contributed by atoms with Crippen molar-refractivity contribution in [3.63, 3.8) is 0 Å². The van der Waals surface area contributed by atoms with E-state index in [2.05, 4.69) is 15.2 Å². The molecule has 0 unspecified atom stereocenters. The highest BCUT2D eigenvalue weighted by Gasteiger charge is 2.32. The van der Waals surface area contributed by atoms with Gasteiger partial charge in [-0.1, -0.05) is 0 Å². The number of aromatic amines is 1. The van der Waals surface area contributed by atoms with E-state index in [-0.39, 0.29) is 41.9 Å². The van der Waals surface area contributed by atoms with Gasteiger partial charge >= 0.3 is 13.8 Å². The van der Waals surface area contributed by atoms with Gasteiger partial charge in [0.15, 0.2) is 0 Å². The predicted octanol–water partition coefficient (Wildman–Crippen LogP) is 3.36. The molecule has 0 bridgehead atoms. The van der Waals surface area contributed by atoms with E-state index >= 15 is 0 Å². The summed E-state index contributed by atoms with van der Waals surface area (Å²) in [5.41, 5.74) is -1.57. The molecule has 8 nitrogen and oxygen atoms in total. The first-order valence-electron chi connectivity index (χ1n) is 8.04. The number of aromatic nitrogens is 4. The Morgan fingerprint density at radius 1 is 1.19 bits per heavy atom. The minimum atomic E-state index is -4.57. The monoisotopic (exact) mass is 404 g/mol. The summed E-state index contributed by atoms with van der Waals surface area (Å²) in [5, 5.41) is 7.55. The molecule has 0 fully saturated rings. The largest absolute Gasteiger partial charge is 0.416 e. The minimum absolute atomic E-state index is 0.00524. The molecule has 3 aromatic rings. The third-order valence-corrected chi connectivity index (χ3v) is 5.71. The van der Waals surface area contributed by atoms with Crippen LogP contribution < -0.4 is 5.56 Å². The van der Waals surface area contributed by atoms with Crippen molar-refractivity contribution in [2.45, 2.75) is 26.2 Å². The molecule has 2 aromatic heterocycles. The number of fused-ring (bicyclic) bond motifs is 3. The highest BCUT2D eigenvalue weighted by Crippen LogP contribution is 2.51. The van der Waals surface area contributed by atoms with Crippen LogP contribution in [-0.4, -0.2) is 32.8 Å². The highest BCUT2D eigenvalue weighted by atomic mass is 31.2. The number of H-pyrrole nitrogens is 1. The molecule has 146 valence electrons. The van der Waals surface area contributed by atoms with Crippen molar-refractivity contribution >= 4 is 24.3 Å². The van der Waals surface area contributed by atoms with E-state index in [1.807, 2.05) is 0 Å². The maximum atomic E-state index is 13.1. The fraction of sp³-hybridized carbons (Fsp3) is 0.400. The lowest BCUT2D eigenvalue weighted by Gasteiger charge is -2.16. The molecule has 1 N–H and O–H groups in total. The molecule has 0 saturated heterocycles. The van der Waals surface area contributed by atoms with E-state index in [1.54, 1.807) is 13.8 Å². The van der Waals surface area contributed by atoms with Crippen molar-refractivity contribution in [1.82, 2.24) is 19.6 Å². The number of halogens is 3. The van der Waals surface area contributed by atoms with Gasteiger partial charge in [-0.15, -0.1) is 10.2 Å². The molecule has 0 radical (unpaired) electrons. The van der Waals surface area contributed by atoms with E-state index in [9.17, 15) is 22.5 Å². The summed E-state index contributed by atoms with van der Waals surface area (Å²) in [6.45, 7) is 3.47. The van der Waals surface area contributed by atoms with Crippen LogP contribution in [0.1, 0.15) is 25.2 Å². The molecule has 3 rings (SSSR count). The van der Waals surface area contributed by atoms with Gasteiger partial charge < -0.3 is 14.0 Å². The van der Waals surface area contributed by atoms with Crippen LogP contribution in [0.3, 0.4) is 0 Å². The Kier molecular flexibility index (Phi) is 5.11. The van der Waals surface area contributed by atoms with Crippen LogP contribution in [0.4, 0.5) is 13.2 Å². The van der Waals surface area contributed by atoms with Crippen molar-refractivity contribution < 1.29 is 26.8 Å². The average molecular weight is 404 g/mol. The summed E-state index contributed by atoms with van der Waals surface area (Å²) in [6.07, 6.45) is -4.92. The smallest absolute Gasteiger partial charge is 0.317 e. The lowest BCUT2D eigenvalue weighted by Crippen LogP contribution is -2.13. The number of hydrogen-bond acceptors (Lipinski definition) is 6. The molecule has 27 heavy (non-hydrogen) atoms. The SMILES string of the molecule is CCOP(=O)(Cc1nnc2c(=O)[nH]c3ccc(C(F)(F)F)cc3n12)OCC. The van der Waals surface area contributed by atoms with Gasteiger partial charge in [0.1, 0.15) is 12.0 Å². The van der Waals surface area contributed by atoms with Crippen LogP contribution >= 0.6 is 7.60 Å². The standard InChI is InChI=1S/C15H16F3N4O4P/c1-3-25-27(24,26-4-2)8-12-20-21-13-14(23)19-10-6-5-9(15(16,17)18)7-11(10)22(12)13/h5-7H,3-4,8H2,1-2H3,(H,19,23). The van der Waals surface area contributed by atoms with Gasteiger partial charge in [-0.25, -0.2) is 0 Å². The van der Waals surface area contributed by atoms with Crippen molar-refractivity contribution in [3.05, 3.63) is 39.9 Å². The number of hydrogen-bond donors (Lipinski definition) is 1. The van der Waals surface area contributed by atoms with Crippen molar-refractivity contribution in [2.24, 2.45) is 0 Å². The number of alkyl halides is 3. The molecular formula is C15H16F3N4O4P. The first-order chi connectivity index (χ1) is 12.7. The van der Waals surface area contributed by atoms with E-state index in [1.165, 1.54) is 0 Å². The Bertz CT molecular complexity index is 1080. The Labute approximate surface area is 150 Å². The van der Waals surface area contributed by atoms with Crippen molar-refractivity contribution in [3.8, 4) is 0 Å². The van der Waals surface area contributed by atoms with Crippen molar-refractivity contribution in [2.75, 3.05) is 13.2 Å². The maximum absolute atomic E-state index is 13.1. The van der Waals surface area contributed by atoms with Crippen molar-refractivity contribution in [1.29, 1.82) is 0 Å². The number of nitrogens with one attached hydrogen (secondary N) is 1. The zero-order valence-corrected chi connectivity index (χ0v) is 15.3. The van der Waals surface area contributed by atoms with Gasteiger partial charge in [0.2, 0.25) is 5.65 Å². The summed E-state index contributed by atoms with van der Waals surface area (Å²) in [4.78, 5) is 14.6. The van der Waals surface area contributed by atoms with Crippen LogP contribution in [0.25, 0.3) is 16.7 Å². The lowest BCUT2D eigenvalue weighted by atomic mass is 10.2. The summed E-state index contributed by atoms with van der Waals surface area (Å²) in [5.74, 6) is 0.00524. The van der Waals surface area contributed by atoms with Crippen LogP contribution in [0.2, 0.25) is 0 Å². The second kappa shape index (κ2) is 7.06. The summed E-state index contributed by atoms with van der Waals surface area (Å²) >= 11 is 0. The van der Waals surface area contributed by atoms with Gasteiger partial charge in [-0.05, 0) is 32.0 Å². The Balaban J connectivity index is 2.25. The molecule has 0 saturated carbocycles. The van der Waals surface area contributed by atoms with Crippen LogP contribution in [0.15, 0.2) is 23.0 Å². The van der Waals surface area contributed by atoms with Crippen LogP contribution in [-0.2, 0) is 26.0 Å². The highest BCUT2D eigenvalue weighted by molar-refractivity contribution is 7.53. The normalized spacial score (nSPS) is 12.9. The summed E-state index contributed by atoms with van der Waals surface area (Å²) < 4.78 is 63.6. The number of benzene rings is 1. The second-order valence-corrected chi connectivity index (χ2v) is 7.62. The first kappa shape index (κ1) is 19.5. The third-order valence-electron chi connectivity index (χ3n) is 3.73. The Morgan fingerprint density at radius 2 is 1.85 bits per heavy atom. The van der Waals surface area contributed by atoms with E-state index in [4.69, 9.17) is 9.05 Å². The number of rotatable bonds is 6. The maximum Gasteiger partial charge on any atom is 0.416 e.